The Balaban J connectivity index is 1.60. The second kappa shape index (κ2) is 7.89. The van der Waals surface area contributed by atoms with E-state index in [9.17, 15) is 12.8 Å². The molecule has 9 heteroatoms. The van der Waals surface area contributed by atoms with E-state index < -0.39 is 10.0 Å². The second-order valence-corrected chi connectivity index (χ2v) is 10.1. The van der Waals surface area contributed by atoms with Gasteiger partial charge in [0, 0.05) is 31.1 Å². The topological polar surface area (TPSA) is 76.5 Å². The number of rotatable bonds is 5. The van der Waals surface area contributed by atoms with Gasteiger partial charge in [0.05, 0.1) is 22.7 Å². The van der Waals surface area contributed by atoms with E-state index >= 15 is 0 Å². The van der Waals surface area contributed by atoms with Crippen molar-refractivity contribution in [1.29, 1.82) is 0 Å². The number of aromatic nitrogens is 2. The zero-order valence-corrected chi connectivity index (χ0v) is 18.2. The van der Waals surface area contributed by atoms with E-state index in [1.165, 1.54) is 10.4 Å². The number of aryl methyl sites for hydroxylation is 1. The molecule has 1 N–H and O–H groups in total. The molecular formula is C22H25FN4O3S. The van der Waals surface area contributed by atoms with Crippen LogP contribution in [0.25, 0.3) is 16.6 Å². The summed E-state index contributed by atoms with van der Waals surface area (Å²) >= 11 is 0. The molecule has 0 amide bonds. The zero-order chi connectivity index (χ0) is 21.6. The molecule has 1 saturated carbocycles. The summed E-state index contributed by atoms with van der Waals surface area (Å²) in [6.45, 7) is 3.48. The van der Waals surface area contributed by atoms with Gasteiger partial charge in [-0.2, -0.15) is 4.31 Å². The zero-order valence-electron chi connectivity index (χ0n) is 17.3. The molecule has 2 aromatic carbocycles. The maximum Gasteiger partial charge on any atom is 0.243 e. The number of hydrogen-bond acceptors (Lipinski definition) is 5. The highest BCUT2D eigenvalue weighted by molar-refractivity contribution is 7.89. The van der Waals surface area contributed by atoms with Gasteiger partial charge in [-0.25, -0.2) is 17.5 Å². The van der Waals surface area contributed by atoms with Gasteiger partial charge in [0.2, 0.25) is 10.0 Å². The average Bonchev–Trinajstić information content (AvgIpc) is 3.55. The summed E-state index contributed by atoms with van der Waals surface area (Å²) in [6.07, 6.45) is 2.81. The Kier molecular flexibility index (Phi) is 5.19. The largest absolute Gasteiger partial charge is 0.380 e. The van der Waals surface area contributed by atoms with Gasteiger partial charge in [-0.05, 0) is 68.1 Å². The van der Waals surface area contributed by atoms with E-state index in [1.54, 1.807) is 41.9 Å². The number of nitrogens with one attached hydrogen (secondary N) is 1. The van der Waals surface area contributed by atoms with Crippen LogP contribution < -0.4 is 5.32 Å². The number of nitrogens with zero attached hydrogens (tertiary/aromatic N) is 3. The molecule has 0 unspecified atom stereocenters. The minimum absolute atomic E-state index is 0.246. The van der Waals surface area contributed by atoms with Gasteiger partial charge in [-0.1, -0.05) is 0 Å². The summed E-state index contributed by atoms with van der Waals surface area (Å²) in [7, 11) is -3.64. The van der Waals surface area contributed by atoms with Gasteiger partial charge in [0.1, 0.15) is 5.82 Å². The fourth-order valence-corrected chi connectivity index (χ4v) is 5.34. The standard InChI is InChI=1S/C22H25FN4O3S/c1-15-13-17(5-7-20(15)23)27-21-8-6-18(14-19(21)22(25-27)24-16-3-4-16)31(28,29)26-9-2-11-30-12-10-26/h5-8,13-14,16H,2-4,9-12H2,1H3,(H,24,25). The van der Waals surface area contributed by atoms with Crippen LogP contribution in [-0.2, 0) is 14.8 Å². The third-order valence-electron chi connectivity index (χ3n) is 5.77. The molecule has 1 saturated heterocycles. The van der Waals surface area contributed by atoms with Crippen LogP contribution >= 0.6 is 0 Å². The minimum atomic E-state index is -3.64. The molecule has 7 nitrogen and oxygen atoms in total. The van der Waals surface area contributed by atoms with Crippen molar-refractivity contribution in [2.75, 3.05) is 31.6 Å². The number of halogens is 1. The summed E-state index contributed by atoms with van der Waals surface area (Å²) in [5.41, 5.74) is 2.03. The molecule has 164 valence electrons. The quantitative estimate of drug-likeness (QED) is 0.652. The molecule has 31 heavy (non-hydrogen) atoms. The van der Waals surface area contributed by atoms with Gasteiger partial charge in [-0.3, -0.25) is 0 Å². The van der Waals surface area contributed by atoms with Crippen LogP contribution in [-0.4, -0.2) is 54.8 Å². The highest BCUT2D eigenvalue weighted by Gasteiger charge is 2.28. The van der Waals surface area contributed by atoms with E-state index in [-0.39, 0.29) is 10.7 Å². The molecule has 0 atom stereocenters. The van der Waals surface area contributed by atoms with Crippen LogP contribution in [0.2, 0.25) is 0 Å². The van der Waals surface area contributed by atoms with E-state index in [0.29, 0.717) is 50.1 Å². The van der Waals surface area contributed by atoms with Crippen molar-refractivity contribution < 1.29 is 17.5 Å². The predicted molar refractivity (Wildman–Crippen MR) is 117 cm³/mol. The summed E-state index contributed by atoms with van der Waals surface area (Å²) in [4.78, 5) is 0.246. The van der Waals surface area contributed by atoms with E-state index in [2.05, 4.69) is 5.32 Å². The first-order chi connectivity index (χ1) is 14.9. The van der Waals surface area contributed by atoms with Crippen LogP contribution in [0, 0.1) is 12.7 Å². The van der Waals surface area contributed by atoms with Gasteiger partial charge in [0.15, 0.2) is 5.82 Å². The van der Waals surface area contributed by atoms with E-state index in [1.807, 2.05) is 0 Å². The lowest BCUT2D eigenvalue weighted by atomic mass is 10.2. The van der Waals surface area contributed by atoms with Crippen LogP contribution in [0.3, 0.4) is 0 Å². The molecule has 0 bridgehead atoms. The van der Waals surface area contributed by atoms with Gasteiger partial charge < -0.3 is 10.1 Å². The Morgan fingerprint density at radius 3 is 2.74 bits per heavy atom. The first-order valence-corrected chi connectivity index (χ1v) is 12.0. The Morgan fingerprint density at radius 1 is 1.13 bits per heavy atom. The first-order valence-electron chi connectivity index (χ1n) is 10.6. The maximum absolute atomic E-state index is 13.8. The van der Waals surface area contributed by atoms with Crippen molar-refractivity contribution in [1.82, 2.24) is 14.1 Å². The summed E-state index contributed by atoms with van der Waals surface area (Å²) < 4.78 is 49.0. The third kappa shape index (κ3) is 3.93. The molecule has 1 aliphatic heterocycles. The SMILES string of the molecule is Cc1cc(-n2nc(NC3CC3)c3cc(S(=O)(=O)N4CCCOCC4)ccc32)ccc1F. The number of hydrogen-bond donors (Lipinski definition) is 1. The van der Waals surface area contributed by atoms with Gasteiger partial charge >= 0.3 is 0 Å². The second-order valence-electron chi connectivity index (χ2n) is 8.16. The molecule has 2 heterocycles. The van der Waals surface area contributed by atoms with Crippen molar-refractivity contribution in [3.05, 3.63) is 47.8 Å². The van der Waals surface area contributed by atoms with Crippen molar-refractivity contribution in [2.24, 2.45) is 0 Å². The summed E-state index contributed by atoms with van der Waals surface area (Å²) in [6, 6.07) is 10.3. The van der Waals surface area contributed by atoms with Gasteiger partial charge in [0.25, 0.3) is 0 Å². The minimum Gasteiger partial charge on any atom is -0.380 e. The lowest BCUT2D eigenvalue weighted by molar-refractivity contribution is 0.148. The summed E-state index contributed by atoms with van der Waals surface area (Å²) in [5, 5.41) is 8.86. The lowest BCUT2D eigenvalue weighted by Gasteiger charge is -2.19. The molecule has 1 aliphatic carbocycles. The monoisotopic (exact) mass is 444 g/mol. The van der Waals surface area contributed by atoms with Crippen molar-refractivity contribution in [3.8, 4) is 5.69 Å². The Bertz CT molecular complexity index is 1230. The number of ether oxygens (including phenoxy) is 1. The normalized spacial score (nSPS) is 18.3. The van der Waals surface area contributed by atoms with Gasteiger partial charge in [-0.15, -0.1) is 5.10 Å². The molecule has 3 aromatic rings. The fraction of sp³-hybridized carbons (Fsp3) is 0.409. The van der Waals surface area contributed by atoms with E-state index in [0.717, 1.165) is 29.4 Å². The highest BCUT2D eigenvalue weighted by Crippen LogP contribution is 2.33. The predicted octanol–water partition coefficient (Wildman–Crippen LogP) is 3.46. The molecule has 5 rings (SSSR count). The van der Waals surface area contributed by atoms with Crippen molar-refractivity contribution in [2.45, 2.75) is 37.1 Å². The summed E-state index contributed by atoms with van der Waals surface area (Å²) in [5.74, 6) is 0.377. The number of anilines is 1. The first kappa shape index (κ1) is 20.4. The molecule has 2 fully saturated rings. The van der Waals surface area contributed by atoms with Crippen LogP contribution in [0.1, 0.15) is 24.8 Å². The Labute approximate surface area is 180 Å². The van der Waals surface area contributed by atoms with Crippen LogP contribution in [0.4, 0.5) is 10.2 Å². The highest BCUT2D eigenvalue weighted by atomic mass is 32.2. The van der Waals surface area contributed by atoms with Crippen LogP contribution in [0.15, 0.2) is 41.3 Å². The molecule has 0 spiro atoms. The Hall–Kier alpha value is -2.49. The molecule has 2 aliphatic rings. The third-order valence-corrected chi connectivity index (χ3v) is 7.67. The number of fused-ring (bicyclic) bond motifs is 1. The smallest absolute Gasteiger partial charge is 0.243 e. The van der Waals surface area contributed by atoms with Crippen molar-refractivity contribution in [3.63, 3.8) is 0 Å². The average molecular weight is 445 g/mol. The van der Waals surface area contributed by atoms with Crippen molar-refractivity contribution >= 4 is 26.7 Å². The lowest BCUT2D eigenvalue weighted by Crippen LogP contribution is -2.33. The van der Waals surface area contributed by atoms with Crippen LogP contribution in [0.5, 0.6) is 0 Å². The molecule has 1 aromatic heterocycles. The van der Waals surface area contributed by atoms with E-state index in [4.69, 9.17) is 9.84 Å². The molecular weight excluding hydrogens is 419 g/mol. The Morgan fingerprint density at radius 2 is 1.97 bits per heavy atom. The molecule has 0 radical (unpaired) electrons. The number of benzene rings is 2. The number of sulfonamides is 1. The fourth-order valence-electron chi connectivity index (χ4n) is 3.86. The maximum atomic E-state index is 13.8.